The van der Waals surface area contributed by atoms with Gasteiger partial charge in [0.05, 0.1) is 12.2 Å². The summed E-state index contributed by atoms with van der Waals surface area (Å²) in [4.78, 5) is 12.2. The van der Waals surface area contributed by atoms with Crippen LogP contribution in [0.4, 0.5) is 0 Å². The molecular formula is C22H36O2. The van der Waals surface area contributed by atoms with Crippen molar-refractivity contribution >= 4 is 5.97 Å². The maximum atomic E-state index is 12.2. The summed E-state index contributed by atoms with van der Waals surface area (Å²) in [5, 5.41) is 0. The summed E-state index contributed by atoms with van der Waals surface area (Å²) in [5.41, 5.74) is 1.99. The molecule has 0 N–H and O–H groups in total. The fraction of sp³-hybridized carbons (Fsp3) is 0.682. The number of benzene rings is 1. The quantitative estimate of drug-likeness (QED) is 0.301. The summed E-state index contributed by atoms with van der Waals surface area (Å²) in [6, 6.07) is 7.98. The molecule has 0 aromatic heterocycles. The third-order valence-corrected chi connectivity index (χ3v) is 4.75. The third-order valence-electron chi connectivity index (χ3n) is 4.75. The fourth-order valence-corrected chi connectivity index (χ4v) is 2.92. The molecule has 0 heterocycles. The normalized spacial score (nSPS) is 12.1. The number of hydrogen-bond donors (Lipinski definition) is 0. The average Bonchev–Trinajstić information content (AvgIpc) is 2.62. The van der Waals surface area contributed by atoms with Gasteiger partial charge in [-0.15, -0.1) is 0 Å². The highest BCUT2D eigenvalue weighted by Crippen LogP contribution is 2.15. The fourth-order valence-electron chi connectivity index (χ4n) is 2.92. The van der Waals surface area contributed by atoms with Crippen LogP contribution in [0.5, 0.6) is 0 Å². The number of unbranched alkanes of at least 4 members (excludes halogenated alkanes) is 5. The second-order valence-electron chi connectivity index (χ2n) is 6.88. The van der Waals surface area contributed by atoms with E-state index in [0.29, 0.717) is 18.1 Å². The highest BCUT2D eigenvalue weighted by atomic mass is 16.5. The van der Waals surface area contributed by atoms with Gasteiger partial charge in [-0.25, -0.2) is 4.79 Å². The van der Waals surface area contributed by atoms with Crippen molar-refractivity contribution in [3.8, 4) is 0 Å². The predicted molar refractivity (Wildman–Crippen MR) is 102 cm³/mol. The molecule has 0 fully saturated rings. The van der Waals surface area contributed by atoms with E-state index in [9.17, 15) is 4.79 Å². The minimum atomic E-state index is -0.181. The monoisotopic (exact) mass is 332 g/mol. The Labute approximate surface area is 149 Å². The highest BCUT2D eigenvalue weighted by Gasteiger charge is 2.11. The van der Waals surface area contributed by atoms with Gasteiger partial charge in [0.2, 0.25) is 0 Å². The van der Waals surface area contributed by atoms with E-state index in [0.717, 1.165) is 19.3 Å². The lowest BCUT2D eigenvalue weighted by Crippen LogP contribution is -2.14. The summed E-state index contributed by atoms with van der Waals surface area (Å²) in [7, 11) is 0. The lowest BCUT2D eigenvalue weighted by Gasteiger charge is -2.14. The Balaban J connectivity index is 2.34. The van der Waals surface area contributed by atoms with E-state index in [2.05, 4.69) is 32.9 Å². The van der Waals surface area contributed by atoms with Crippen LogP contribution in [0.1, 0.15) is 94.5 Å². The summed E-state index contributed by atoms with van der Waals surface area (Å²) >= 11 is 0. The Kier molecular flexibility index (Phi) is 11.3. The van der Waals surface area contributed by atoms with Crippen LogP contribution in [0.2, 0.25) is 0 Å². The molecule has 0 saturated heterocycles. The Bertz CT molecular complexity index is 436. The molecular weight excluding hydrogens is 296 g/mol. The third kappa shape index (κ3) is 8.52. The van der Waals surface area contributed by atoms with Gasteiger partial charge in [-0.05, 0) is 42.9 Å². The molecule has 0 bridgehead atoms. The molecule has 0 saturated carbocycles. The first-order chi connectivity index (χ1) is 11.7. The van der Waals surface area contributed by atoms with Crippen molar-refractivity contribution in [3.63, 3.8) is 0 Å². The summed E-state index contributed by atoms with van der Waals surface area (Å²) in [6.45, 7) is 7.16. The molecule has 136 valence electrons. The molecule has 1 rings (SSSR count). The summed E-state index contributed by atoms with van der Waals surface area (Å²) in [5.74, 6) is 0.315. The first kappa shape index (κ1) is 20.7. The molecule has 24 heavy (non-hydrogen) atoms. The highest BCUT2D eigenvalue weighted by molar-refractivity contribution is 5.89. The molecule has 0 aliphatic carbocycles. The molecule has 2 nitrogen and oxygen atoms in total. The number of hydrogen-bond acceptors (Lipinski definition) is 2. The van der Waals surface area contributed by atoms with Crippen molar-refractivity contribution in [2.45, 2.75) is 85.0 Å². The molecule has 1 atom stereocenters. The molecule has 2 heteroatoms. The zero-order valence-corrected chi connectivity index (χ0v) is 16.0. The average molecular weight is 333 g/mol. The van der Waals surface area contributed by atoms with Crippen molar-refractivity contribution < 1.29 is 9.53 Å². The Hall–Kier alpha value is -1.31. The van der Waals surface area contributed by atoms with Gasteiger partial charge in [-0.3, -0.25) is 0 Å². The topological polar surface area (TPSA) is 26.3 Å². The van der Waals surface area contributed by atoms with Crippen molar-refractivity contribution in [1.29, 1.82) is 0 Å². The maximum absolute atomic E-state index is 12.2. The van der Waals surface area contributed by atoms with Gasteiger partial charge < -0.3 is 4.74 Å². The van der Waals surface area contributed by atoms with E-state index in [1.165, 1.54) is 50.5 Å². The van der Waals surface area contributed by atoms with Gasteiger partial charge in [0, 0.05) is 0 Å². The molecule has 0 aliphatic rings. The van der Waals surface area contributed by atoms with Crippen LogP contribution >= 0.6 is 0 Å². The van der Waals surface area contributed by atoms with E-state index >= 15 is 0 Å². The minimum Gasteiger partial charge on any atom is -0.462 e. The summed E-state index contributed by atoms with van der Waals surface area (Å²) in [6.07, 6.45) is 12.2. The van der Waals surface area contributed by atoms with Crippen LogP contribution in [-0.2, 0) is 11.2 Å². The standard InChI is InChI=1S/C22H36O2/c1-4-7-9-10-11-13-20-14-16-21(17-15-20)22(23)24-18-19(6-3)12-8-5-2/h14-17,19H,4-13,18H2,1-3H3. The van der Waals surface area contributed by atoms with E-state index in [4.69, 9.17) is 4.74 Å². The van der Waals surface area contributed by atoms with Crippen molar-refractivity contribution in [2.75, 3.05) is 6.61 Å². The Morgan fingerprint density at radius 1 is 0.917 bits per heavy atom. The Morgan fingerprint density at radius 2 is 1.58 bits per heavy atom. The number of esters is 1. The van der Waals surface area contributed by atoms with E-state index in [1.807, 2.05) is 12.1 Å². The predicted octanol–water partition coefficient (Wildman–Crippen LogP) is 6.57. The minimum absolute atomic E-state index is 0.181. The Morgan fingerprint density at radius 3 is 2.21 bits per heavy atom. The van der Waals surface area contributed by atoms with Gasteiger partial charge in [0.1, 0.15) is 0 Å². The zero-order chi connectivity index (χ0) is 17.6. The molecule has 1 unspecified atom stereocenters. The molecule has 1 aromatic rings. The second-order valence-corrected chi connectivity index (χ2v) is 6.88. The summed E-state index contributed by atoms with van der Waals surface area (Å²) < 4.78 is 5.50. The zero-order valence-electron chi connectivity index (χ0n) is 16.0. The van der Waals surface area contributed by atoms with Crippen molar-refractivity contribution in [1.82, 2.24) is 0 Å². The van der Waals surface area contributed by atoms with Crippen LogP contribution in [0.25, 0.3) is 0 Å². The SMILES string of the molecule is CCCCCCCc1ccc(C(=O)OCC(CC)CCCC)cc1. The molecule has 0 radical (unpaired) electrons. The number of rotatable bonds is 13. The molecule has 0 spiro atoms. The lowest BCUT2D eigenvalue weighted by atomic mass is 10.0. The van der Waals surface area contributed by atoms with Gasteiger partial charge in [-0.2, -0.15) is 0 Å². The molecule has 0 amide bonds. The molecule has 0 aliphatic heterocycles. The second kappa shape index (κ2) is 13.0. The largest absolute Gasteiger partial charge is 0.462 e. The van der Waals surface area contributed by atoms with Crippen LogP contribution in [0.3, 0.4) is 0 Å². The lowest BCUT2D eigenvalue weighted by molar-refractivity contribution is 0.0428. The first-order valence-electron chi connectivity index (χ1n) is 9.97. The van der Waals surface area contributed by atoms with Crippen molar-refractivity contribution in [3.05, 3.63) is 35.4 Å². The number of carbonyl (C=O) groups excluding carboxylic acids is 1. The number of aryl methyl sites for hydroxylation is 1. The number of ether oxygens (including phenoxy) is 1. The van der Waals surface area contributed by atoms with Crippen LogP contribution < -0.4 is 0 Å². The van der Waals surface area contributed by atoms with Crippen molar-refractivity contribution in [2.24, 2.45) is 5.92 Å². The van der Waals surface area contributed by atoms with Gasteiger partial charge >= 0.3 is 5.97 Å². The van der Waals surface area contributed by atoms with Gasteiger partial charge in [-0.1, -0.05) is 77.8 Å². The number of carbonyl (C=O) groups is 1. The van der Waals surface area contributed by atoms with Crippen LogP contribution in [-0.4, -0.2) is 12.6 Å². The van der Waals surface area contributed by atoms with Crippen LogP contribution in [0.15, 0.2) is 24.3 Å². The van der Waals surface area contributed by atoms with E-state index in [1.54, 1.807) is 0 Å². The van der Waals surface area contributed by atoms with E-state index < -0.39 is 0 Å². The van der Waals surface area contributed by atoms with Gasteiger partial charge in [0.15, 0.2) is 0 Å². The van der Waals surface area contributed by atoms with Gasteiger partial charge in [0.25, 0.3) is 0 Å². The smallest absolute Gasteiger partial charge is 0.338 e. The van der Waals surface area contributed by atoms with E-state index in [-0.39, 0.29) is 5.97 Å². The maximum Gasteiger partial charge on any atom is 0.338 e. The van der Waals surface area contributed by atoms with Crippen LogP contribution in [0, 0.1) is 5.92 Å². The molecule has 1 aromatic carbocycles. The first-order valence-corrected chi connectivity index (χ1v) is 9.97.